The summed E-state index contributed by atoms with van der Waals surface area (Å²) in [7, 11) is 0. The highest BCUT2D eigenvalue weighted by molar-refractivity contribution is 6.32. The molecule has 2 aromatic heterocycles. The summed E-state index contributed by atoms with van der Waals surface area (Å²) in [6.07, 6.45) is -0.545. The normalized spacial score (nSPS) is 16.9. The van der Waals surface area contributed by atoms with Gasteiger partial charge in [-0.1, -0.05) is 11.6 Å². The van der Waals surface area contributed by atoms with Crippen LogP contribution in [0, 0.1) is 5.92 Å². The number of likely N-dealkylation sites (tertiary alicyclic amines) is 1. The van der Waals surface area contributed by atoms with Crippen molar-refractivity contribution in [3.05, 3.63) is 35.9 Å². The highest BCUT2D eigenvalue weighted by Gasteiger charge is 2.40. The Labute approximate surface area is 176 Å². The molecule has 1 saturated heterocycles. The highest BCUT2D eigenvalue weighted by atomic mass is 35.5. The van der Waals surface area contributed by atoms with Gasteiger partial charge in [0.15, 0.2) is 5.15 Å². The van der Waals surface area contributed by atoms with Crippen LogP contribution in [0.25, 0.3) is 5.69 Å². The lowest BCUT2D eigenvalue weighted by Gasteiger charge is -2.22. The van der Waals surface area contributed by atoms with Crippen molar-refractivity contribution in [1.29, 1.82) is 0 Å². The van der Waals surface area contributed by atoms with Gasteiger partial charge in [0, 0.05) is 38.2 Å². The van der Waals surface area contributed by atoms with Gasteiger partial charge in [0.1, 0.15) is 5.69 Å². The fourth-order valence-corrected chi connectivity index (χ4v) is 3.72. The second-order valence-corrected chi connectivity index (χ2v) is 7.34. The van der Waals surface area contributed by atoms with Crippen LogP contribution in [0.4, 0.5) is 18.9 Å². The largest absolute Gasteiger partial charge is 0.389 e. The van der Waals surface area contributed by atoms with Gasteiger partial charge >= 0.3 is 6.18 Å². The predicted molar refractivity (Wildman–Crippen MR) is 104 cm³/mol. The number of nitrogens with zero attached hydrogens (tertiary/aromatic N) is 5. The molecule has 162 valence electrons. The molecular formula is C19H21ClF3N5O2. The molecule has 30 heavy (non-hydrogen) atoms. The first-order valence-electron chi connectivity index (χ1n) is 9.51. The zero-order valence-electron chi connectivity index (χ0n) is 16.3. The number of hydrogen-bond donors (Lipinski definition) is 0. The molecule has 3 rings (SSSR count). The Hall–Kier alpha value is -2.62. The molecule has 0 spiro atoms. The van der Waals surface area contributed by atoms with Gasteiger partial charge in [0.05, 0.1) is 24.5 Å². The number of carbonyl (C=O) groups excluding carboxylic acids is 2. The number of halogens is 4. The molecule has 0 aromatic carbocycles. The number of alkyl halides is 3. The summed E-state index contributed by atoms with van der Waals surface area (Å²) < 4.78 is 39.2. The van der Waals surface area contributed by atoms with Crippen LogP contribution in [0.2, 0.25) is 5.15 Å². The van der Waals surface area contributed by atoms with Gasteiger partial charge < -0.3 is 9.80 Å². The summed E-state index contributed by atoms with van der Waals surface area (Å²) in [5.41, 5.74) is 1.09. The second-order valence-electron chi connectivity index (χ2n) is 6.98. The van der Waals surface area contributed by atoms with Crippen molar-refractivity contribution in [2.75, 3.05) is 24.5 Å². The molecule has 1 aliphatic rings. The van der Waals surface area contributed by atoms with Crippen molar-refractivity contribution >= 4 is 29.1 Å². The molecule has 3 heterocycles. The molecule has 7 nitrogen and oxygen atoms in total. The maximum absolute atomic E-state index is 12.7. The van der Waals surface area contributed by atoms with Crippen LogP contribution < -0.4 is 4.90 Å². The third-order valence-electron chi connectivity index (χ3n) is 4.95. The van der Waals surface area contributed by atoms with Crippen LogP contribution in [-0.2, 0) is 9.59 Å². The summed E-state index contributed by atoms with van der Waals surface area (Å²) in [6, 6.07) is 3.53. The van der Waals surface area contributed by atoms with Crippen LogP contribution in [0.5, 0.6) is 0 Å². The number of aromatic nitrogens is 3. The molecule has 0 bridgehead atoms. The molecule has 1 unspecified atom stereocenters. The van der Waals surface area contributed by atoms with Gasteiger partial charge in [0.2, 0.25) is 11.8 Å². The summed E-state index contributed by atoms with van der Waals surface area (Å²) in [5, 5.41) is 4.34. The van der Waals surface area contributed by atoms with E-state index >= 15 is 0 Å². The van der Waals surface area contributed by atoms with Crippen molar-refractivity contribution in [3.63, 3.8) is 0 Å². The SMILES string of the molecule is CCN(C(=O)CCN1CCC(CC(F)(F)F)C1=O)c1cn(-c2cccnc2)nc1Cl. The Balaban J connectivity index is 1.64. The Morgan fingerprint density at radius 3 is 2.80 bits per heavy atom. The third kappa shape index (κ3) is 5.10. The molecule has 0 saturated carbocycles. The van der Waals surface area contributed by atoms with Gasteiger partial charge in [0.25, 0.3) is 0 Å². The molecule has 0 aliphatic carbocycles. The first-order chi connectivity index (χ1) is 14.2. The quantitative estimate of drug-likeness (QED) is 0.657. The first kappa shape index (κ1) is 22.1. The van der Waals surface area contributed by atoms with Crippen LogP contribution in [-0.4, -0.2) is 57.3 Å². The average Bonchev–Trinajstić information content (AvgIpc) is 3.24. The number of anilines is 1. The predicted octanol–water partition coefficient (Wildman–Crippen LogP) is 3.46. The Morgan fingerprint density at radius 2 is 2.17 bits per heavy atom. The second kappa shape index (κ2) is 9.03. The summed E-state index contributed by atoms with van der Waals surface area (Å²) in [6.45, 7) is 2.38. The minimum absolute atomic E-state index is 0.0211. The van der Waals surface area contributed by atoms with E-state index in [0.717, 1.165) is 0 Å². The van der Waals surface area contributed by atoms with Crippen LogP contribution in [0.3, 0.4) is 0 Å². The fourth-order valence-electron chi connectivity index (χ4n) is 3.49. The average molecular weight is 444 g/mol. The molecule has 1 aliphatic heterocycles. The monoisotopic (exact) mass is 443 g/mol. The molecule has 11 heteroatoms. The lowest BCUT2D eigenvalue weighted by Crippen LogP contribution is -2.36. The zero-order chi connectivity index (χ0) is 21.9. The third-order valence-corrected chi connectivity index (χ3v) is 5.22. The van der Waals surface area contributed by atoms with E-state index in [1.54, 1.807) is 37.6 Å². The van der Waals surface area contributed by atoms with Crippen molar-refractivity contribution in [2.45, 2.75) is 32.4 Å². The van der Waals surface area contributed by atoms with Gasteiger partial charge in [-0.2, -0.15) is 18.3 Å². The Morgan fingerprint density at radius 1 is 1.40 bits per heavy atom. The lowest BCUT2D eigenvalue weighted by molar-refractivity contribution is -0.154. The summed E-state index contributed by atoms with van der Waals surface area (Å²) >= 11 is 6.23. The van der Waals surface area contributed by atoms with Gasteiger partial charge in [-0.3, -0.25) is 14.6 Å². The minimum Gasteiger partial charge on any atom is -0.342 e. The smallest absolute Gasteiger partial charge is 0.342 e. The van der Waals surface area contributed by atoms with E-state index < -0.39 is 24.4 Å². The maximum atomic E-state index is 12.7. The maximum Gasteiger partial charge on any atom is 0.389 e. The number of hydrogen-bond acceptors (Lipinski definition) is 4. The van der Waals surface area contributed by atoms with E-state index in [-0.39, 0.29) is 37.0 Å². The van der Waals surface area contributed by atoms with E-state index in [9.17, 15) is 22.8 Å². The number of amides is 2. The minimum atomic E-state index is -4.38. The fraction of sp³-hybridized carbons (Fsp3) is 0.474. The highest BCUT2D eigenvalue weighted by Crippen LogP contribution is 2.31. The van der Waals surface area contributed by atoms with E-state index in [4.69, 9.17) is 11.6 Å². The molecule has 0 N–H and O–H groups in total. The van der Waals surface area contributed by atoms with Crippen molar-refractivity contribution in [2.24, 2.45) is 5.92 Å². The Kier molecular flexibility index (Phi) is 6.64. The van der Waals surface area contributed by atoms with Gasteiger partial charge in [-0.15, -0.1) is 0 Å². The van der Waals surface area contributed by atoms with Crippen LogP contribution in [0.1, 0.15) is 26.2 Å². The topological polar surface area (TPSA) is 71.3 Å². The first-order valence-corrected chi connectivity index (χ1v) is 9.89. The van der Waals surface area contributed by atoms with Crippen molar-refractivity contribution < 1.29 is 22.8 Å². The molecule has 1 fully saturated rings. The molecule has 2 aromatic rings. The van der Waals surface area contributed by atoms with Crippen molar-refractivity contribution in [3.8, 4) is 5.69 Å². The molecular weight excluding hydrogens is 423 g/mol. The van der Waals surface area contributed by atoms with E-state index in [0.29, 0.717) is 17.9 Å². The Bertz CT molecular complexity index is 903. The number of pyridine rings is 1. The van der Waals surface area contributed by atoms with Gasteiger partial charge in [-0.25, -0.2) is 4.68 Å². The van der Waals surface area contributed by atoms with E-state index in [1.807, 2.05) is 0 Å². The summed E-state index contributed by atoms with van der Waals surface area (Å²) in [4.78, 5) is 31.7. The number of carbonyl (C=O) groups is 2. The lowest BCUT2D eigenvalue weighted by atomic mass is 10.0. The van der Waals surface area contributed by atoms with E-state index in [1.165, 1.54) is 14.5 Å². The standard InChI is InChI=1S/C19H21ClF3N5O2/c1-2-27(15-12-28(25-17(15)20)14-4-3-7-24-11-14)16(29)6-9-26-8-5-13(18(26)30)10-19(21,22)23/h3-4,7,11-13H,2,5-6,8-10H2,1H3. The van der Waals surface area contributed by atoms with E-state index in [2.05, 4.69) is 10.1 Å². The van der Waals surface area contributed by atoms with Crippen LogP contribution >= 0.6 is 11.6 Å². The number of rotatable bonds is 7. The summed E-state index contributed by atoms with van der Waals surface area (Å²) in [5.74, 6) is -1.91. The van der Waals surface area contributed by atoms with Gasteiger partial charge in [-0.05, 0) is 25.5 Å². The zero-order valence-corrected chi connectivity index (χ0v) is 17.0. The molecule has 1 atom stereocenters. The molecule has 0 radical (unpaired) electrons. The molecule has 2 amide bonds. The van der Waals surface area contributed by atoms with Crippen LogP contribution in [0.15, 0.2) is 30.7 Å². The van der Waals surface area contributed by atoms with Crippen molar-refractivity contribution in [1.82, 2.24) is 19.7 Å².